The van der Waals surface area contributed by atoms with Crippen LogP contribution in [0.2, 0.25) is 0 Å². The van der Waals surface area contributed by atoms with E-state index in [9.17, 15) is 9.59 Å². The van der Waals surface area contributed by atoms with Gasteiger partial charge in [0.25, 0.3) is 11.8 Å². The molecule has 1 aliphatic heterocycles. The van der Waals surface area contributed by atoms with E-state index in [2.05, 4.69) is 4.98 Å². The van der Waals surface area contributed by atoms with E-state index in [-0.39, 0.29) is 18.4 Å². The fourth-order valence-electron chi connectivity index (χ4n) is 3.03. The number of pyridine rings is 1. The molecule has 2 aromatic carbocycles. The molecule has 0 fully saturated rings. The Labute approximate surface area is 167 Å². The van der Waals surface area contributed by atoms with Gasteiger partial charge in [0.2, 0.25) is 0 Å². The lowest BCUT2D eigenvalue weighted by atomic mass is 10.0. The number of amides is 2. The molecule has 0 aliphatic carbocycles. The largest absolute Gasteiger partial charge is 0.269 e. The number of aryl methyl sites for hydroxylation is 1. The van der Waals surface area contributed by atoms with Crippen molar-refractivity contribution in [2.45, 2.75) is 18.4 Å². The molecule has 0 bridgehead atoms. The number of nitrogens with zero attached hydrogens (tertiary/aromatic N) is 2. The predicted molar refractivity (Wildman–Crippen MR) is 110 cm³/mol. The molecule has 3 aromatic rings. The molecule has 1 aliphatic rings. The third kappa shape index (κ3) is 3.62. The smallest absolute Gasteiger partial charge is 0.268 e. The van der Waals surface area contributed by atoms with Crippen molar-refractivity contribution in [3.63, 3.8) is 0 Å². The minimum absolute atomic E-state index is 0.159. The van der Waals surface area contributed by atoms with E-state index in [0.29, 0.717) is 16.2 Å². The lowest BCUT2D eigenvalue weighted by molar-refractivity contribution is -0.137. The molecule has 0 radical (unpaired) electrons. The van der Waals surface area contributed by atoms with E-state index in [0.717, 1.165) is 16.0 Å². The standard InChI is InChI=1S/C23H18N2O2S/c1-16-10-12-17(13-11-16)20-21(28-19-8-3-2-4-9-19)23(27)25(22(20)26)15-18-7-5-6-14-24-18/h2-14H,15H2,1H3. The van der Waals surface area contributed by atoms with E-state index in [1.165, 1.54) is 16.7 Å². The van der Waals surface area contributed by atoms with Crippen molar-refractivity contribution in [2.24, 2.45) is 0 Å². The van der Waals surface area contributed by atoms with Crippen LogP contribution in [-0.4, -0.2) is 21.7 Å². The summed E-state index contributed by atoms with van der Waals surface area (Å²) in [5, 5.41) is 0. The van der Waals surface area contributed by atoms with Gasteiger partial charge in [-0.05, 0) is 36.8 Å². The van der Waals surface area contributed by atoms with Crippen molar-refractivity contribution < 1.29 is 9.59 Å². The van der Waals surface area contributed by atoms with Crippen molar-refractivity contribution in [3.05, 3.63) is 101 Å². The van der Waals surface area contributed by atoms with Crippen molar-refractivity contribution >= 4 is 29.1 Å². The summed E-state index contributed by atoms with van der Waals surface area (Å²) in [6.45, 7) is 2.15. The van der Waals surface area contributed by atoms with Crippen LogP contribution in [0, 0.1) is 6.92 Å². The van der Waals surface area contributed by atoms with Gasteiger partial charge in [-0.3, -0.25) is 19.5 Å². The van der Waals surface area contributed by atoms with E-state index < -0.39 is 0 Å². The first-order chi connectivity index (χ1) is 13.6. The van der Waals surface area contributed by atoms with Gasteiger partial charge in [0.05, 0.1) is 22.7 Å². The Morgan fingerprint density at radius 1 is 0.857 bits per heavy atom. The lowest BCUT2D eigenvalue weighted by Crippen LogP contribution is -2.31. The first-order valence-electron chi connectivity index (χ1n) is 8.94. The third-order valence-electron chi connectivity index (χ3n) is 4.48. The number of thioether (sulfide) groups is 1. The normalized spacial score (nSPS) is 14.1. The molecule has 0 N–H and O–H groups in total. The minimum Gasteiger partial charge on any atom is -0.269 e. The summed E-state index contributed by atoms with van der Waals surface area (Å²) in [6, 6.07) is 22.8. The average Bonchev–Trinajstić information content (AvgIpc) is 2.95. The molecule has 5 heteroatoms. The Hall–Kier alpha value is -3.18. The Morgan fingerprint density at radius 2 is 1.57 bits per heavy atom. The van der Waals surface area contributed by atoms with Crippen LogP contribution in [0.15, 0.2) is 88.8 Å². The SMILES string of the molecule is Cc1ccc(C2=C(Sc3ccccc3)C(=O)N(Cc3ccccn3)C2=O)cc1. The molecule has 0 atom stereocenters. The van der Waals surface area contributed by atoms with Gasteiger partial charge in [0, 0.05) is 11.1 Å². The van der Waals surface area contributed by atoms with Crippen LogP contribution in [-0.2, 0) is 16.1 Å². The summed E-state index contributed by atoms with van der Waals surface area (Å²) in [7, 11) is 0. The maximum Gasteiger partial charge on any atom is 0.268 e. The third-order valence-corrected chi connectivity index (χ3v) is 5.57. The number of carbonyl (C=O) groups is 2. The summed E-state index contributed by atoms with van der Waals surface area (Å²) in [4.78, 5) is 33.3. The van der Waals surface area contributed by atoms with E-state index in [4.69, 9.17) is 0 Å². The Kier molecular flexibility index (Phi) is 5.08. The maximum atomic E-state index is 13.2. The van der Waals surface area contributed by atoms with Gasteiger partial charge >= 0.3 is 0 Å². The van der Waals surface area contributed by atoms with Crippen LogP contribution in [0.3, 0.4) is 0 Å². The molecule has 4 rings (SSSR count). The highest BCUT2D eigenvalue weighted by Crippen LogP contribution is 2.40. The molecule has 2 heterocycles. The van der Waals surface area contributed by atoms with Crippen molar-refractivity contribution in [1.29, 1.82) is 0 Å². The maximum absolute atomic E-state index is 13.2. The molecule has 1 aromatic heterocycles. The number of aromatic nitrogens is 1. The number of benzene rings is 2. The first-order valence-corrected chi connectivity index (χ1v) is 9.75. The Balaban J connectivity index is 1.74. The topological polar surface area (TPSA) is 50.3 Å². The predicted octanol–water partition coefficient (Wildman–Crippen LogP) is 4.46. The lowest BCUT2D eigenvalue weighted by Gasteiger charge is -2.14. The summed E-state index contributed by atoms with van der Waals surface area (Å²) in [5.74, 6) is -0.557. The zero-order chi connectivity index (χ0) is 19.5. The quantitative estimate of drug-likeness (QED) is 0.608. The summed E-state index contributed by atoms with van der Waals surface area (Å²) >= 11 is 1.33. The number of hydrogen-bond donors (Lipinski definition) is 0. The second-order valence-corrected chi connectivity index (χ2v) is 7.59. The van der Waals surface area contributed by atoms with Crippen LogP contribution in [0.5, 0.6) is 0 Å². The molecule has 0 spiro atoms. The molecule has 0 saturated heterocycles. The van der Waals surface area contributed by atoms with Crippen molar-refractivity contribution in [1.82, 2.24) is 9.88 Å². The van der Waals surface area contributed by atoms with Gasteiger partial charge in [-0.2, -0.15) is 0 Å². The van der Waals surface area contributed by atoms with Gasteiger partial charge in [0.1, 0.15) is 0 Å². The zero-order valence-electron chi connectivity index (χ0n) is 15.3. The molecule has 4 nitrogen and oxygen atoms in total. The van der Waals surface area contributed by atoms with Gasteiger partial charge in [-0.25, -0.2) is 0 Å². The monoisotopic (exact) mass is 386 g/mol. The second kappa shape index (κ2) is 7.82. The second-order valence-electron chi connectivity index (χ2n) is 6.50. The number of hydrogen-bond acceptors (Lipinski definition) is 4. The Bertz CT molecular complexity index is 1040. The highest BCUT2D eigenvalue weighted by Gasteiger charge is 2.39. The van der Waals surface area contributed by atoms with Crippen LogP contribution >= 0.6 is 11.8 Å². The van der Waals surface area contributed by atoms with Crippen molar-refractivity contribution in [2.75, 3.05) is 0 Å². The van der Waals surface area contributed by atoms with E-state index >= 15 is 0 Å². The fraction of sp³-hybridized carbons (Fsp3) is 0.0870. The highest BCUT2D eigenvalue weighted by atomic mass is 32.2. The summed E-state index contributed by atoms with van der Waals surface area (Å²) in [6.07, 6.45) is 1.66. The summed E-state index contributed by atoms with van der Waals surface area (Å²) < 4.78 is 0. The Morgan fingerprint density at radius 3 is 2.25 bits per heavy atom. The molecule has 0 unspecified atom stereocenters. The van der Waals surface area contributed by atoms with Crippen molar-refractivity contribution in [3.8, 4) is 0 Å². The van der Waals surface area contributed by atoms with Crippen LogP contribution in [0.25, 0.3) is 5.57 Å². The molecule has 2 amide bonds. The van der Waals surface area contributed by atoms with E-state index in [1.807, 2.05) is 79.7 Å². The average molecular weight is 386 g/mol. The molecule has 0 saturated carbocycles. The summed E-state index contributed by atoms with van der Waals surface area (Å²) in [5.41, 5.74) is 2.99. The van der Waals surface area contributed by atoms with Gasteiger partial charge in [-0.15, -0.1) is 0 Å². The number of imide groups is 1. The molecule has 28 heavy (non-hydrogen) atoms. The number of carbonyl (C=O) groups excluding carboxylic acids is 2. The van der Waals surface area contributed by atoms with Crippen LogP contribution in [0.1, 0.15) is 16.8 Å². The fourth-order valence-corrected chi connectivity index (χ4v) is 4.06. The molecular weight excluding hydrogens is 368 g/mol. The van der Waals surface area contributed by atoms with Gasteiger partial charge in [-0.1, -0.05) is 65.9 Å². The van der Waals surface area contributed by atoms with Crippen LogP contribution in [0.4, 0.5) is 0 Å². The van der Waals surface area contributed by atoms with Crippen LogP contribution < -0.4 is 0 Å². The van der Waals surface area contributed by atoms with Gasteiger partial charge < -0.3 is 0 Å². The highest BCUT2D eigenvalue weighted by molar-refractivity contribution is 8.04. The first kappa shape index (κ1) is 18.2. The minimum atomic E-state index is -0.280. The number of rotatable bonds is 5. The molecule has 138 valence electrons. The van der Waals surface area contributed by atoms with E-state index in [1.54, 1.807) is 6.20 Å². The zero-order valence-corrected chi connectivity index (χ0v) is 16.1. The van der Waals surface area contributed by atoms with Gasteiger partial charge in [0.15, 0.2) is 0 Å². The molecular formula is C23H18N2O2S.